The molecule has 0 bridgehead atoms. The molecule has 1 aliphatic heterocycles. The summed E-state index contributed by atoms with van der Waals surface area (Å²) in [7, 11) is 3.34. The fraction of sp³-hybridized carbons (Fsp3) is 0.667. The summed E-state index contributed by atoms with van der Waals surface area (Å²) < 4.78 is 10.8. The number of alkyl halides is 1. The van der Waals surface area contributed by atoms with Crippen molar-refractivity contribution in [1.29, 1.82) is 0 Å². The molecule has 4 nitrogen and oxygen atoms in total. The molecular weight excluding hydrogens is 320 g/mol. The molecule has 2 heterocycles. The van der Waals surface area contributed by atoms with Crippen LogP contribution in [0.15, 0.2) is 12.3 Å². The number of pyridine rings is 1. The van der Waals surface area contributed by atoms with Gasteiger partial charge in [-0.3, -0.25) is 9.88 Å². The third-order valence-corrected chi connectivity index (χ3v) is 4.45. The first-order chi connectivity index (χ1) is 9.80. The fourth-order valence-electron chi connectivity index (χ4n) is 2.90. The maximum absolute atomic E-state index is 5.47. The largest absolute Gasteiger partial charge is 0.493 e. The zero-order valence-corrected chi connectivity index (χ0v) is 13.9. The number of likely N-dealkylation sites (tertiary alicyclic amines) is 1. The fourth-order valence-corrected chi connectivity index (χ4v) is 3.22. The van der Waals surface area contributed by atoms with Gasteiger partial charge in [0.05, 0.1) is 14.2 Å². The number of methoxy groups -OCH3 is 2. The van der Waals surface area contributed by atoms with Crippen molar-refractivity contribution in [2.24, 2.45) is 0 Å². The molecule has 0 spiro atoms. The highest BCUT2D eigenvalue weighted by molar-refractivity contribution is 9.09. The molecule has 0 radical (unpaired) electrons. The second-order valence-corrected chi connectivity index (χ2v) is 5.88. The number of aromatic nitrogens is 1. The molecule has 112 valence electrons. The van der Waals surface area contributed by atoms with Crippen LogP contribution < -0.4 is 9.47 Å². The first-order valence-corrected chi connectivity index (χ1v) is 8.28. The summed E-state index contributed by atoms with van der Waals surface area (Å²) in [6.45, 7) is 1.99. The molecule has 1 fully saturated rings. The lowest BCUT2D eigenvalue weighted by Crippen LogP contribution is -2.29. The molecule has 0 aliphatic carbocycles. The summed E-state index contributed by atoms with van der Waals surface area (Å²) in [5, 5.41) is 1.08. The Morgan fingerprint density at radius 2 is 2.25 bits per heavy atom. The van der Waals surface area contributed by atoms with Crippen LogP contribution in [-0.2, 0) is 6.54 Å². The van der Waals surface area contributed by atoms with E-state index in [4.69, 9.17) is 9.47 Å². The van der Waals surface area contributed by atoms with Gasteiger partial charge in [-0.05, 0) is 32.2 Å². The van der Waals surface area contributed by atoms with E-state index in [1.807, 2.05) is 6.07 Å². The van der Waals surface area contributed by atoms with Gasteiger partial charge in [0.2, 0.25) is 0 Å². The van der Waals surface area contributed by atoms with Crippen LogP contribution in [0.1, 0.15) is 31.4 Å². The lowest BCUT2D eigenvalue weighted by atomic mass is 10.1. The normalized spacial score (nSPS) is 19.2. The van der Waals surface area contributed by atoms with Gasteiger partial charge in [0.15, 0.2) is 11.5 Å². The zero-order chi connectivity index (χ0) is 14.4. The number of halogens is 1. The first-order valence-electron chi connectivity index (χ1n) is 7.16. The molecule has 1 saturated heterocycles. The third-order valence-electron chi connectivity index (χ3n) is 3.89. The molecule has 0 saturated carbocycles. The lowest BCUT2D eigenvalue weighted by Gasteiger charge is -2.24. The van der Waals surface area contributed by atoms with E-state index in [1.165, 1.54) is 25.7 Å². The van der Waals surface area contributed by atoms with Crippen LogP contribution >= 0.6 is 15.9 Å². The van der Waals surface area contributed by atoms with Gasteiger partial charge in [0, 0.05) is 30.2 Å². The van der Waals surface area contributed by atoms with Crippen molar-refractivity contribution in [2.45, 2.75) is 38.3 Å². The average Bonchev–Trinajstić information content (AvgIpc) is 2.92. The molecule has 0 N–H and O–H groups in total. The van der Waals surface area contributed by atoms with Crippen molar-refractivity contribution in [1.82, 2.24) is 9.88 Å². The molecule has 20 heavy (non-hydrogen) atoms. The minimum Gasteiger partial charge on any atom is -0.493 e. The summed E-state index contributed by atoms with van der Waals surface area (Å²) >= 11 is 3.52. The Morgan fingerprint density at radius 1 is 1.40 bits per heavy atom. The SMILES string of the molecule is COc1ccnc(CN2CCCC2CCCBr)c1OC. The van der Waals surface area contributed by atoms with Crippen molar-refractivity contribution >= 4 is 15.9 Å². The van der Waals surface area contributed by atoms with Gasteiger partial charge in [0.25, 0.3) is 0 Å². The van der Waals surface area contributed by atoms with E-state index in [-0.39, 0.29) is 0 Å². The summed E-state index contributed by atoms with van der Waals surface area (Å²) in [5.74, 6) is 1.52. The van der Waals surface area contributed by atoms with Crippen LogP contribution in [0.2, 0.25) is 0 Å². The topological polar surface area (TPSA) is 34.6 Å². The van der Waals surface area contributed by atoms with Gasteiger partial charge in [0.1, 0.15) is 5.69 Å². The van der Waals surface area contributed by atoms with Crippen LogP contribution in [0.25, 0.3) is 0 Å². The molecule has 1 aromatic heterocycles. The van der Waals surface area contributed by atoms with E-state index in [9.17, 15) is 0 Å². The minimum absolute atomic E-state index is 0.672. The molecule has 5 heteroatoms. The predicted molar refractivity (Wildman–Crippen MR) is 83.8 cm³/mol. The molecule has 0 aromatic carbocycles. The monoisotopic (exact) mass is 342 g/mol. The Balaban J connectivity index is 2.09. The third kappa shape index (κ3) is 3.64. The summed E-state index contributed by atoms with van der Waals surface area (Å²) in [5.41, 5.74) is 0.970. The van der Waals surface area contributed by atoms with Crippen molar-refractivity contribution in [3.05, 3.63) is 18.0 Å². The second kappa shape index (κ2) is 7.84. The Labute approximate surface area is 129 Å². The van der Waals surface area contributed by atoms with Crippen molar-refractivity contribution < 1.29 is 9.47 Å². The van der Waals surface area contributed by atoms with E-state index in [0.717, 1.165) is 35.6 Å². The number of ether oxygens (including phenoxy) is 2. The Kier molecular flexibility index (Phi) is 6.10. The number of hydrogen-bond donors (Lipinski definition) is 0. The van der Waals surface area contributed by atoms with Crippen LogP contribution in [0.5, 0.6) is 11.5 Å². The van der Waals surface area contributed by atoms with Crippen molar-refractivity contribution in [3.63, 3.8) is 0 Å². The summed E-state index contributed by atoms with van der Waals surface area (Å²) in [6.07, 6.45) is 6.83. The maximum Gasteiger partial charge on any atom is 0.183 e. The molecule has 0 amide bonds. The number of rotatable bonds is 7. The van der Waals surface area contributed by atoms with E-state index < -0.39 is 0 Å². The second-order valence-electron chi connectivity index (χ2n) is 5.09. The van der Waals surface area contributed by atoms with Crippen LogP contribution in [0.4, 0.5) is 0 Å². The average molecular weight is 343 g/mol. The zero-order valence-electron chi connectivity index (χ0n) is 12.3. The van der Waals surface area contributed by atoms with E-state index in [2.05, 4.69) is 25.8 Å². The Morgan fingerprint density at radius 3 is 2.95 bits per heavy atom. The van der Waals surface area contributed by atoms with Gasteiger partial charge in [-0.15, -0.1) is 0 Å². The maximum atomic E-state index is 5.47. The van der Waals surface area contributed by atoms with Crippen LogP contribution in [0.3, 0.4) is 0 Å². The molecule has 1 aromatic rings. The highest BCUT2D eigenvalue weighted by Gasteiger charge is 2.25. The molecule has 1 atom stereocenters. The summed E-state index contributed by atoms with van der Waals surface area (Å²) in [4.78, 5) is 7.00. The van der Waals surface area contributed by atoms with E-state index in [1.54, 1.807) is 20.4 Å². The molecular formula is C15H23BrN2O2. The summed E-state index contributed by atoms with van der Waals surface area (Å²) in [6, 6.07) is 2.51. The van der Waals surface area contributed by atoms with E-state index >= 15 is 0 Å². The Bertz CT molecular complexity index is 428. The molecule has 1 aliphatic rings. The van der Waals surface area contributed by atoms with Crippen molar-refractivity contribution in [2.75, 3.05) is 26.1 Å². The van der Waals surface area contributed by atoms with Crippen molar-refractivity contribution in [3.8, 4) is 11.5 Å². The van der Waals surface area contributed by atoms with Gasteiger partial charge < -0.3 is 9.47 Å². The standard InChI is InChI=1S/C15H23BrN2O2/c1-19-14-7-9-17-13(15(14)20-2)11-18-10-4-6-12(18)5-3-8-16/h7,9,12H,3-6,8,10-11H2,1-2H3. The highest BCUT2D eigenvalue weighted by Crippen LogP contribution is 2.32. The van der Waals surface area contributed by atoms with Gasteiger partial charge in [-0.2, -0.15) is 0 Å². The van der Waals surface area contributed by atoms with Gasteiger partial charge in [-0.1, -0.05) is 15.9 Å². The highest BCUT2D eigenvalue weighted by atomic mass is 79.9. The van der Waals surface area contributed by atoms with Crippen LogP contribution in [0, 0.1) is 0 Å². The van der Waals surface area contributed by atoms with Gasteiger partial charge >= 0.3 is 0 Å². The lowest BCUT2D eigenvalue weighted by molar-refractivity contribution is 0.226. The number of hydrogen-bond acceptors (Lipinski definition) is 4. The predicted octanol–water partition coefficient (Wildman–Crippen LogP) is 3.24. The molecule has 1 unspecified atom stereocenters. The minimum atomic E-state index is 0.672. The Hall–Kier alpha value is -0.810. The van der Waals surface area contributed by atoms with Crippen LogP contribution in [-0.4, -0.2) is 42.0 Å². The smallest absolute Gasteiger partial charge is 0.183 e. The van der Waals surface area contributed by atoms with Gasteiger partial charge in [-0.25, -0.2) is 0 Å². The molecule has 2 rings (SSSR count). The van der Waals surface area contributed by atoms with E-state index in [0.29, 0.717) is 6.04 Å². The first kappa shape index (κ1) is 15.6. The quantitative estimate of drug-likeness (QED) is 0.712. The number of nitrogens with zero attached hydrogens (tertiary/aromatic N) is 2.